The number of hydrogen-bond acceptors (Lipinski definition) is 6. The molecule has 0 radical (unpaired) electrons. The van der Waals surface area contributed by atoms with Gasteiger partial charge in [-0.15, -0.1) is 0 Å². The van der Waals surface area contributed by atoms with Gasteiger partial charge in [-0.05, 0) is 36.6 Å². The van der Waals surface area contributed by atoms with Gasteiger partial charge in [0, 0.05) is 6.04 Å². The predicted molar refractivity (Wildman–Crippen MR) is 96.7 cm³/mol. The number of ether oxygens (including phenoxy) is 3. The summed E-state index contributed by atoms with van der Waals surface area (Å²) in [5, 5.41) is 12.1. The molecule has 1 aliphatic heterocycles. The molecular formula is C20H22N2O5. The van der Waals surface area contributed by atoms with E-state index >= 15 is 0 Å². The van der Waals surface area contributed by atoms with Crippen LogP contribution in [0.15, 0.2) is 23.8 Å². The largest absolute Gasteiger partial charge is 0.454 e. The van der Waals surface area contributed by atoms with E-state index in [4.69, 9.17) is 14.2 Å². The lowest BCUT2D eigenvalue weighted by Gasteiger charge is -2.16. The van der Waals surface area contributed by atoms with Gasteiger partial charge in [-0.2, -0.15) is 5.26 Å². The summed E-state index contributed by atoms with van der Waals surface area (Å²) in [5.74, 6) is 0.00223. The van der Waals surface area contributed by atoms with Gasteiger partial charge in [0.15, 0.2) is 18.1 Å². The molecule has 0 aromatic heterocycles. The fourth-order valence-electron chi connectivity index (χ4n) is 3.21. The highest BCUT2D eigenvalue weighted by atomic mass is 16.7. The number of fused-ring (bicyclic) bond motifs is 1. The van der Waals surface area contributed by atoms with Crippen LogP contribution in [-0.4, -0.2) is 31.3 Å². The number of amides is 1. The van der Waals surface area contributed by atoms with Crippen LogP contribution in [0.2, 0.25) is 0 Å². The van der Waals surface area contributed by atoms with E-state index in [1.807, 2.05) is 6.07 Å². The van der Waals surface area contributed by atoms with Crippen molar-refractivity contribution in [1.29, 1.82) is 5.26 Å². The molecule has 3 rings (SSSR count). The summed E-state index contributed by atoms with van der Waals surface area (Å²) in [4.78, 5) is 24.1. The van der Waals surface area contributed by atoms with Crippen LogP contribution in [0.5, 0.6) is 11.5 Å². The quantitative estimate of drug-likeness (QED) is 0.370. The summed E-state index contributed by atoms with van der Waals surface area (Å²) in [6, 6.07) is 7.03. The SMILES string of the molecule is N#CC(=Cc1ccc2c(c1)OCO2)C(=O)OCC(=O)NC1CCCCCC1. The highest BCUT2D eigenvalue weighted by Crippen LogP contribution is 2.33. The molecule has 2 aliphatic rings. The Kier molecular flexibility index (Phi) is 6.31. The minimum atomic E-state index is -0.828. The molecule has 1 saturated carbocycles. The number of nitrogens with zero attached hydrogens (tertiary/aromatic N) is 1. The highest BCUT2D eigenvalue weighted by molar-refractivity contribution is 5.98. The average Bonchev–Trinajstić information content (AvgIpc) is 2.99. The zero-order valence-electron chi connectivity index (χ0n) is 15.0. The van der Waals surface area contributed by atoms with Crippen molar-refractivity contribution in [2.24, 2.45) is 0 Å². The Morgan fingerprint density at radius 2 is 1.93 bits per heavy atom. The third-order valence-corrected chi connectivity index (χ3v) is 4.60. The maximum Gasteiger partial charge on any atom is 0.349 e. The van der Waals surface area contributed by atoms with Crippen LogP contribution in [0.4, 0.5) is 0 Å². The molecule has 1 aliphatic carbocycles. The lowest BCUT2D eigenvalue weighted by molar-refractivity contribution is -0.144. The fraction of sp³-hybridized carbons (Fsp3) is 0.450. The monoisotopic (exact) mass is 370 g/mol. The number of esters is 1. The number of hydrogen-bond donors (Lipinski definition) is 1. The van der Waals surface area contributed by atoms with Gasteiger partial charge < -0.3 is 19.5 Å². The van der Waals surface area contributed by atoms with Crippen LogP contribution in [0.3, 0.4) is 0 Å². The number of rotatable bonds is 5. The van der Waals surface area contributed by atoms with Crippen LogP contribution in [-0.2, 0) is 14.3 Å². The molecule has 1 fully saturated rings. The molecule has 142 valence electrons. The third-order valence-electron chi connectivity index (χ3n) is 4.60. The summed E-state index contributed by atoms with van der Waals surface area (Å²) < 4.78 is 15.5. The van der Waals surface area contributed by atoms with E-state index in [2.05, 4.69) is 5.32 Å². The molecule has 0 atom stereocenters. The van der Waals surface area contributed by atoms with Gasteiger partial charge in [-0.3, -0.25) is 4.79 Å². The number of nitrogens with one attached hydrogen (secondary N) is 1. The second kappa shape index (κ2) is 9.08. The van der Waals surface area contributed by atoms with Crippen molar-refractivity contribution in [1.82, 2.24) is 5.32 Å². The maximum atomic E-state index is 12.1. The van der Waals surface area contributed by atoms with Gasteiger partial charge in [-0.1, -0.05) is 31.7 Å². The van der Waals surface area contributed by atoms with Crippen molar-refractivity contribution in [2.75, 3.05) is 13.4 Å². The summed E-state index contributed by atoms with van der Waals surface area (Å²) in [6.45, 7) is -0.249. The number of benzene rings is 1. The second-order valence-corrected chi connectivity index (χ2v) is 6.61. The van der Waals surface area contributed by atoms with Crippen molar-refractivity contribution in [3.05, 3.63) is 29.3 Å². The minimum Gasteiger partial charge on any atom is -0.454 e. The summed E-state index contributed by atoms with van der Waals surface area (Å²) in [7, 11) is 0. The summed E-state index contributed by atoms with van der Waals surface area (Å²) in [6.07, 6.45) is 7.88. The van der Waals surface area contributed by atoms with Crippen molar-refractivity contribution in [2.45, 2.75) is 44.6 Å². The van der Waals surface area contributed by atoms with E-state index in [9.17, 15) is 14.9 Å². The van der Waals surface area contributed by atoms with Gasteiger partial charge in [-0.25, -0.2) is 4.79 Å². The molecule has 1 aromatic carbocycles. The first-order chi connectivity index (χ1) is 13.2. The standard InChI is InChI=1S/C20H22N2O5/c21-11-15(9-14-7-8-17-18(10-14)27-13-26-17)20(24)25-12-19(23)22-16-5-3-1-2-4-6-16/h7-10,16H,1-6,12-13H2,(H,22,23). The topological polar surface area (TPSA) is 97.7 Å². The maximum absolute atomic E-state index is 12.1. The Hall–Kier alpha value is -3.01. The number of carbonyl (C=O) groups is 2. The first-order valence-electron chi connectivity index (χ1n) is 9.13. The number of nitriles is 1. The summed E-state index contributed by atoms with van der Waals surface area (Å²) >= 11 is 0. The molecule has 7 heteroatoms. The third kappa shape index (κ3) is 5.23. The van der Waals surface area contributed by atoms with Crippen molar-refractivity contribution in [3.63, 3.8) is 0 Å². The van der Waals surface area contributed by atoms with Gasteiger partial charge in [0.1, 0.15) is 11.6 Å². The normalized spacial score (nSPS) is 16.9. The van der Waals surface area contributed by atoms with Crippen LogP contribution >= 0.6 is 0 Å². The van der Waals surface area contributed by atoms with Gasteiger partial charge in [0.05, 0.1) is 0 Å². The van der Waals surface area contributed by atoms with Crippen LogP contribution in [0.25, 0.3) is 6.08 Å². The fourth-order valence-corrected chi connectivity index (χ4v) is 3.21. The highest BCUT2D eigenvalue weighted by Gasteiger charge is 2.18. The van der Waals surface area contributed by atoms with E-state index < -0.39 is 12.6 Å². The molecule has 1 amide bonds. The van der Waals surface area contributed by atoms with Crippen LogP contribution in [0, 0.1) is 11.3 Å². The van der Waals surface area contributed by atoms with Crippen molar-refractivity contribution < 1.29 is 23.8 Å². The van der Waals surface area contributed by atoms with E-state index in [0.717, 1.165) is 25.7 Å². The number of carbonyl (C=O) groups excluding carboxylic acids is 2. The van der Waals surface area contributed by atoms with Crippen molar-refractivity contribution in [3.8, 4) is 17.6 Å². The molecule has 1 heterocycles. The zero-order valence-corrected chi connectivity index (χ0v) is 15.0. The second-order valence-electron chi connectivity index (χ2n) is 6.61. The van der Waals surface area contributed by atoms with E-state index in [1.54, 1.807) is 18.2 Å². The Bertz CT molecular complexity index is 773. The molecule has 0 spiro atoms. The molecular weight excluding hydrogens is 348 g/mol. The molecule has 0 bridgehead atoms. The zero-order chi connectivity index (χ0) is 19.1. The molecule has 27 heavy (non-hydrogen) atoms. The van der Waals surface area contributed by atoms with E-state index in [1.165, 1.54) is 18.9 Å². The molecule has 1 aromatic rings. The average molecular weight is 370 g/mol. The molecule has 7 nitrogen and oxygen atoms in total. The predicted octanol–water partition coefficient (Wildman–Crippen LogP) is 2.70. The van der Waals surface area contributed by atoms with Crippen molar-refractivity contribution >= 4 is 18.0 Å². The molecule has 0 unspecified atom stereocenters. The van der Waals surface area contributed by atoms with Gasteiger partial charge in [0.2, 0.25) is 6.79 Å². The first-order valence-corrected chi connectivity index (χ1v) is 9.13. The Morgan fingerprint density at radius 1 is 1.19 bits per heavy atom. The lowest BCUT2D eigenvalue weighted by Crippen LogP contribution is -2.37. The summed E-state index contributed by atoms with van der Waals surface area (Å²) in [5.41, 5.74) is 0.423. The first kappa shape index (κ1) is 18.8. The van der Waals surface area contributed by atoms with E-state index in [0.29, 0.717) is 17.1 Å². The van der Waals surface area contributed by atoms with Crippen LogP contribution in [0.1, 0.15) is 44.1 Å². The lowest BCUT2D eigenvalue weighted by atomic mass is 10.1. The van der Waals surface area contributed by atoms with Gasteiger partial charge >= 0.3 is 5.97 Å². The van der Waals surface area contributed by atoms with E-state index in [-0.39, 0.29) is 24.3 Å². The smallest absolute Gasteiger partial charge is 0.349 e. The molecule has 0 saturated heterocycles. The Balaban J connectivity index is 1.54. The van der Waals surface area contributed by atoms with Crippen LogP contribution < -0.4 is 14.8 Å². The Morgan fingerprint density at radius 3 is 2.67 bits per heavy atom. The van der Waals surface area contributed by atoms with Gasteiger partial charge in [0.25, 0.3) is 5.91 Å². The molecule has 1 N–H and O–H groups in total. The minimum absolute atomic E-state index is 0.137. The Labute approximate surface area is 157 Å².